The highest BCUT2D eigenvalue weighted by Gasteiger charge is 2.32. The fourth-order valence-corrected chi connectivity index (χ4v) is 0.920. The lowest BCUT2D eigenvalue weighted by molar-refractivity contribution is -0.274. The van der Waals surface area contributed by atoms with Crippen molar-refractivity contribution in [2.24, 2.45) is 0 Å². The molecule has 1 rings (SSSR count). The average Bonchev–Trinajstić information content (AvgIpc) is 2.06. The number of nitrogens with two attached hydrogens (primary N) is 1. The molecule has 0 spiro atoms. The van der Waals surface area contributed by atoms with Crippen molar-refractivity contribution in [3.63, 3.8) is 0 Å². The Bertz CT molecular complexity index is 366. The van der Waals surface area contributed by atoms with Gasteiger partial charge in [0.25, 0.3) is 0 Å². The second-order valence-corrected chi connectivity index (χ2v) is 2.63. The Kier molecular flexibility index (Phi) is 3.41. The van der Waals surface area contributed by atoms with Gasteiger partial charge in [-0.3, -0.25) is 0 Å². The third kappa shape index (κ3) is 3.79. The third-order valence-corrected chi connectivity index (χ3v) is 1.43. The van der Waals surface area contributed by atoms with Crippen LogP contribution in [0.25, 0.3) is 0 Å². The maximum Gasteiger partial charge on any atom is 0.573 e. The molecular formula is C8H6F5NO2. The van der Waals surface area contributed by atoms with Crippen molar-refractivity contribution < 1.29 is 31.4 Å². The van der Waals surface area contributed by atoms with Gasteiger partial charge in [0.2, 0.25) is 0 Å². The summed E-state index contributed by atoms with van der Waals surface area (Å²) in [4.78, 5) is 0. The van der Waals surface area contributed by atoms with Gasteiger partial charge in [-0.2, -0.15) is 8.78 Å². The quantitative estimate of drug-likeness (QED) is 0.655. The van der Waals surface area contributed by atoms with E-state index in [1.807, 2.05) is 0 Å². The van der Waals surface area contributed by atoms with Gasteiger partial charge in [0, 0.05) is 6.07 Å². The van der Waals surface area contributed by atoms with Gasteiger partial charge in [-0.05, 0) is 12.1 Å². The van der Waals surface area contributed by atoms with Gasteiger partial charge in [0.05, 0.1) is 5.69 Å². The Balaban J connectivity index is 2.83. The summed E-state index contributed by atoms with van der Waals surface area (Å²) in [7, 11) is 0. The Labute approximate surface area is 86.6 Å². The number of benzene rings is 1. The Morgan fingerprint density at radius 3 is 2.25 bits per heavy atom. The van der Waals surface area contributed by atoms with E-state index in [2.05, 4.69) is 9.47 Å². The summed E-state index contributed by atoms with van der Waals surface area (Å²) >= 11 is 0. The van der Waals surface area contributed by atoms with Gasteiger partial charge in [-0.15, -0.1) is 13.2 Å². The SMILES string of the molecule is Nc1cc(OC(F)F)ccc1OC(F)(F)F. The first-order valence-electron chi connectivity index (χ1n) is 3.88. The van der Waals surface area contributed by atoms with Crippen LogP contribution in [-0.4, -0.2) is 13.0 Å². The van der Waals surface area contributed by atoms with E-state index in [0.717, 1.165) is 18.2 Å². The predicted molar refractivity (Wildman–Crippen MR) is 44.2 cm³/mol. The zero-order chi connectivity index (χ0) is 12.3. The van der Waals surface area contributed by atoms with Crippen molar-refractivity contribution in [2.45, 2.75) is 13.0 Å². The minimum Gasteiger partial charge on any atom is -0.435 e. The van der Waals surface area contributed by atoms with Crippen LogP contribution in [-0.2, 0) is 0 Å². The largest absolute Gasteiger partial charge is 0.573 e. The van der Waals surface area contributed by atoms with Crippen molar-refractivity contribution in [3.8, 4) is 11.5 Å². The van der Waals surface area contributed by atoms with Crippen molar-refractivity contribution >= 4 is 5.69 Å². The molecule has 3 nitrogen and oxygen atoms in total. The van der Waals surface area contributed by atoms with E-state index in [0.29, 0.717) is 0 Å². The molecule has 8 heteroatoms. The van der Waals surface area contributed by atoms with E-state index >= 15 is 0 Å². The fraction of sp³-hybridized carbons (Fsp3) is 0.250. The molecule has 0 heterocycles. The number of anilines is 1. The van der Waals surface area contributed by atoms with Crippen molar-refractivity contribution in [1.82, 2.24) is 0 Å². The molecule has 0 radical (unpaired) electrons. The maximum atomic E-state index is 11.8. The molecule has 0 amide bonds. The standard InChI is InChI=1S/C8H6F5NO2/c9-7(10)15-4-1-2-6(5(14)3-4)16-8(11,12)13/h1-3,7H,14H2. The van der Waals surface area contributed by atoms with Gasteiger partial charge in [-0.1, -0.05) is 0 Å². The molecule has 1 aromatic rings. The summed E-state index contributed by atoms with van der Waals surface area (Å²) in [6.07, 6.45) is -4.89. The first-order chi connectivity index (χ1) is 7.28. The summed E-state index contributed by atoms with van der Waals surface area (Å²) in [5.41, 5.74) is 4.71. The summed E-state index contributed by atoms with van der Waals surface area (Å²) in [6.45, 7) is -3.08. The minimum absolute atomic E-state index is 0.345. The topological polar surface area (TPSA) is 44.5 Å². The second kappa shape index (κ2) is 4.42. The Morgan fingerprint density at radius 2 is 1.81 bits per heavy atom. The van der Waals surface area contributed by atoms with E-state index in [1.54, 1.807) is 0 Å². The molecule has 0 unspecified atom stereocenters. The molecular weight excluding hydrogens is 237 g/mol. The Hall–Kier alpha value is -1.73. The molecule has 0 saturated carbocycles. The number of nitrogen functional groups attached to an aromatic ring is 1. The van der Waals surface area contributed by atoms with Gasteiger partial charge in [0.1, 0.15) is 5.75 Å². The molecule has 0 fully saturated rings. The molecule has 2 N–H and O–H groups in total. The number of ether oxygens (including phenoxy) is 2. The Morgan fingerprint density at radius 1 is 1.19 bits per heavy atom. The number of hydrogen-bond donors (Lipinski definition) is 1. The van der Waals surface area contributed by atoms with Crippen LogP contribution in [0.1, 0.15) is 0 Å². The minimum atomic E-state index is -4.89. The predicted octanol–water partition coefficient (Wildman–Crippen LogP) is 2.77. The van der Waals surface area contributed by atoms with Crippen LogP contribution in [0, 0.1) is 0 Å². The number of rotatable bonds is 3. The van der Waals surface area contributed by atoms with Crippen LogP contribution < -0.4 is 15.2 Å². The molecule has 16 heavy (non-hydrogen) atoms. The monoisotopic (exact) mass is 243 g/mol. The van der Waals surface area contributed by atoms with Gasteiger partial charge < -0.3 is 15.2 Å². The summed E-state index contributed by atoms with van der Waals surface area (Å²) < 4.78 is 66.4. The van der Waals surface area contributed by atoms with Crippen LogP contribution in [0.5, 0.6) is 11.5 Å². The van der Waals surface area contributed by atoms with Crippen LogP contribution in [0.4, 0.5) is 27.6 Å². The lowest BCUT2D eigenvalue weighted by Crippen LogP contribution is -2.18. The molecule has 1 aromatic carbocycles. The molecule has 0 atom stereocenters. The normalized spacial score (nSPS) is 11.6. The van der Waals surface area contributed by atoms with Crippen LogP contribution >= 0.6 is 0 Å². The third-order valence-electron chi connectivity index (χ3n) is 1.43. The first kappa shape index (κ1) is 12.3. The highest BCUT2D eigenvalue weighted by atomic mass is 19.4. The molecule has 0 saturated heterocycles. The maximum absolute atomic E-state index is 11.8. The van der Waals surface area contributed by atoms with Gasteiger partial charge in [0.15, 0.2) is 5.75 Å². The van der Waals surface area contributed by atoms with E-state index < -0.39 is 24.4 Å². The van der Waals surface area contributed by atoms with Crippen molar-refractivity contribution in [3.05, 3.63) is 18.2 Å². The van der Waals surface area contributed by atoms with E-state index in [4.69, 9.17) is 5.73 Å². The molecule has 0 aromatic heterocycles. The lowest BCUT2D eigenvalue weighted by atomic mass is 10.3. The molecule has 0 aliphatic carbocycles. The lowest BCUT2D eigenvalue weighted by Gasteiger charge is -2.12. The number of hydrogen-bond acceptors (Lipinski definition) is 3. The van der Waals surface area contributed by atoms with Crippen molar-refractivity contribution in [1.29, 1.82) is 0 Å². The smallest absolute Gasteiger partial charge is 0.435 e. The summed E-state index contributed by atoms with van der Waals surface area (Å²) in [5.74, 6) is -1.02. The zero-order valence-electron chi connectivity index (χ0n) is 7.59. The van der Waals surface area contributed by atoms with Crippen LogP contribution in [0.15, 0.2) is 18.2 Å². The van der Waals surface area contributed by atoms with Crippen LogP contribution in [0.3, 0.4) is 0 Å². The highest BCUT2D eigenvalue weighted by Crippen LogP contribution is 2.31. The van der Waals surface area contributed by atoms with E-state index in [9.17, 15) is 22.0 Å². The number of alkyl halides is 5. The molecule has 0 bridgehead atoms. The van der Waals surface area contributed by atoms with Crippen molar-refractivity contribution in [2.75, 3.05) is 5.73 Å². The highest BCUT2D eigenvalue weighted by molar-refractivity contribution is 5.56. The fourth-order valence-electron chi connectivity index (χ4n) is 0.920. The van der Waals surface area contributed by atoms with Gasteiger partial charge >= 0.3 is 13.0 Å². The molecule has 0 aliphatic rings. The molecule has 0 aliphatic heterocycles. The van der Waals surface area contributed by atoms with E-state index in [-0.39, 0.29) is 5.75 Å². The second-order valence-electron chi connectivity index (χ2n) is 2.63. The van der Waals surface area contributed by atoms with E-state index in [1.165, 1.54) is 0 Å². The zero-order valence-corrected chi connectivity index (χ0v) is 7.59. The summed E-state index contributed by atoms with van der Waals surface area (Å²) in [6, 6.07) is 2.50. The number of halogens is 5. The van der Waals surface area contributed by atoms with Gasteiger partial charge in [-0.25, -0.2) is 0 Å². The average molecular weight is 243 g/mol. The van der Waals surface area contributed by atoms with Crippen LogP contribution in [0.2, 0.25) is 0 Å². The summed E-state index contributed by atoms with van der Waals surface area (Å²) in [5, 5.41) is 0. The first-order valence-corrected chi connectivity index (χ1v) is 3.88. The molecule has 90 valence electrons.